The molecule has 1 aliphatic carbocycles. The Hall–Kier alpha value is -2.57. The Morgan fingerprint density at radius 3 is 2.76 bits per heavy atom. The van der Waals surface area contributed by atoms with Gasteiger partial charge in [-0.05, 0) is 43.9 Å². The fourth-order valence-corrected chi connectivity index (χ4v) is 3.77. The minimum Gasteiger partial charge on any atom is -0.504 e. The number of carbonyl (C=O) groups is 1. The zero-order chi connectivity index (χ0) is 20.5. The molecule has 158 valence electrons. The number of aryl methyl sites for hydroxylation is 1. The van der Waals surface area contributed by atoms with E-state index < -0.39 is 0 Å². The number of nitrogens with one attached hydrogen (secondary N) is 1. The minimum absolute atomic E-state index is 0.0751. The summed E-state index contributed by atoms with van der Waals surface area (Å²) in [6.07, 6.45) is 10.6. The van der Waals surface area contributed by atoms with Crippen LogP contribution in [0, 0.1) is 5.92 Å². The van der Waals surface area contributed by atoms with Gasteiger partial charge >= 0.3 is 0 Å². The summed E-state index contributed by atoms with van der Waals surface area (Å²) < 4.78 is 10.4. The van der Waals surface area contributed by atoms with Crippen molar-refractivity contribution in [3.8, 4) is 22.9 Å². The molecule has 1 heterocycles. The van der Waals surface area contributed by atoms with Crippen molar-refractivity contribution in [2.24, 2.45) is 5.92 Å². The van der Waals surface area contributed by atoms with E-state index in [-0.39, 0.29) is 17.6 Å². The van der Waals surface area contributed by atoms with E-state index in [1.54, 1.807) is 18.2 Å². The monoisotopic (exact) mass is 401 g/mol. The highest BCUT2D eigenvalue weighted by atomic mass is 16.5. The number of nitrogens with zero attached hydrogens (tertiary/aromatic N) is 2. The molecular formula is C22H31N3O4. The van der Waals surface area contributed by atoms with Gasteiger partial charge in [0.1, 0.15) is 0 Å². The van der Waals surface area contributed by atoms with Gasteiger partial charge in [-0.1, -0.05) is 37.3 Å². The number of phenols is 1. The van der Waals surface area contributed by atoms with Gasteiger partial charge in [-0.15, -0.1) is 0 Å². The number of unbranched alkanes of at least 4 members (excludes halogenated alkanes) is 2. The Balaban J connectivity index is 1.35. The Morgan fingerprint density at radius 2 is 2.00 bits per heavy atom. The lowest BCUT2D eigenvalue weighted by Crippen LogP contribution is -2.31. The highest BCUT2D eigenvalue weighted by molar-refractivity contribution is 5.78. The Morgan fingerprint density at radius 1 is 1.21 bits per heavy atom. The molecule has 0 spiro atoms. The van der Waals surface area contributed by atoms with Crippen LogP contribution in [0.3, 0.4) is 0 Å². The van der Waals surface area contributed by atoms with Crippen molar-refractivity contribution in [3.05, 3.63) is 24.1 Å². The molecule has 0 aliphatic heterocycles. The Kier molecular flexibility index (Phi) is 7.90. The van der Waals surface area contributed by atoms with Crippen LogP contribution in [0.2, 0.25) is 0 Å². The molecule has 7 nitrogen and oxygen atoms in total. The van der Waals surface area contributed by atoms with Gasteiger partial charge < -0.3 is 19.7 Å². The van der Waals surface area contributed by atoms with Crippen molar-refractivity contribution < 1.29 is 19.2 Å². The molecule has 1 aromatic carbocycles. The second kappa shape index (κ2) is 10.8. The van der Waals surface area contributed by atoms with Gasteiger partial charge in [-0.25, -0.2) is 0 Å². The Labute approximate surface area is 171 Å². The molecule has 1 fully saturated rings. The summed E-state index contributed by atoms with van der Waals surface area (Å²) in [5.41, 5.74) is 0.732. The molecule has 0 bridgehead atoms. The van der Waals surface area contributed by atoms with E-state index in [0.29, 0.717) is 23.9 Å². The molecule has 1 saturated carbocycles. The van der Waals surface area contributed by atoms with E-state index in [4.69, 9.17) is 9.26 Å². The maximum atomic E-state index is 12.2. The van der Waals surface area contributed by atoms with Crippen molar-refractivity contribution in [2.75, 3.05) is 13.7 Å². The predicted octanol–water partition coefficient (Wildman–Crippen LogP) is 4.25. The third kappa shape index (κ3) is 6.21. The van der Waals surface area contributed by atoms with Crippen LogP contribution in [-0.4, -0.2) is 34.8 Å². The van der Waals surface area contributed by atoms with Gasteiger partial charge in [0, 0.05) is 24.4 Å². The maximum absolute atomic E-state index is 12.2. The molecule has 1 aliphatic rings. The summed E-state index contributed by atoms with van der Waals surface area (Å²) in [5, 5.41) is 16.8. The first kappa shape index (κ1) is 21.1. The number of aromatic nitrogens is 2. The maximum Gasteiger partial charge on any atom is 0.226 e. The van der Waals surface area contributed by atoms with Crippen LogP contribution in [0.15, 0.2) is 22.7 Å². The molecule has 2 N–H and O–H groups in total. The highest BCUT2D eigenvalue weighted by Gasteiger charge is 2.19. The van der Waals surface area contributed by atoms with E-state index in [1.165, 1.54) is 32.8 Å². The zero-order valence-electron chi connectivity index (χ0n) is 17.2. The summed E-state index contributed by atoms with van der Waals surface area (Å²) in [7, 11) is 1.50. The van der Waals surface area contributed by atoms with Crippen LogP contribution in [0.5, 0.6) is 11.5 Å². The van der Waals surface area contributed by atoms with Gasteiger partial charge in [-0.2, -0.15) is 4.98 Å². The van der Waals surface area contributed by atoms with Gasteiger partial charge in [0.25, 0.3) is 0 Å². The number of phenolic OH excluding ortho intramolecular Hbond substituents is 1. The van der Waals surface area contributed by atoms with E-state index in [9.17, 15) is 9.90 Å². The average Bonchev–Trinajstić information content (AvgIpc) is 3.03. The molecule has 0 atom stereocenters. The Bertz CT molecular complexity index is 782. The van der Waals surface area contributed by atoms with Crippen molar-refractivity contribution in [1.82, 2.24) is 15.5 Å². The van der Waals surface area contributed by atoms with Gasteiger partial charge in [0.05, 0.1) is 7.11 Å². The molecule has 1 amide bonds. The van der Waals surface area contributed by atoms with Crippen LogP contribution in [-0.2, 0) is 11.2 Å². The summed E-state index contributed by atoms with van der Waals surface area (Å²) in [5.74, 6) is 1.97. The number of hydrogen-bond donors (Lipinski definition) is 2. The normalized spacial score (nSPS) is 15.1. The van der Waals surface area contributed by atoms with Crippen molar-refractivity contribution in [2.45, 2.75) is 64.2 Å². The van der Waals surface area contributed by atoms with Crippen LogP contribution in [0.25, 0.3) is 11.4 Å². The van der Waals surface area contributed by atoms with Crippen LogP contribution in [0.1, 0.15) is 63.7 Å². The minimum atomic E-state index is 0.0751. The number of carbonyl (C=O) groups excluding carboxylic acids is 1. The van der Waals surface area contributed by atoms with Crippen molar-refractivity contribution in [3.63, 3.8) is 0 Å². The lowest BCUT2D eigenvalue weighted by Gasteiger charge is -2.13. The molecule has 0 unspecified atom stereocenters. The molecule has 0 saturated heterocycles. The number of methoxy groups -OCH3 is 1. The smallest absolute Gasteiger partial charge is 0.226 e. The highest BCUT2D eigenvalue weighted by Crippen LogP contribution is 2.30. The number of amides is 1. The molecule has 3 rings (SSSR count). The molecule has 1 aromatic heterocycles. The second-order valence-corrected chi connectivity index (χ2v) is 7.69. The molecule has 29 heavy (non-hydrogen) atoms. The average molecular weight is 402 g/mol. The van der Waals surface area contributed by atoms with Crippen LogP contribution < -0.4 is 10.1 Å². The van der Waals surface area contributed by atoms with E-state index in [1.807, 2.05) is 0 Å². The number of ether oxygens (including phenoxy) is 1. The summed E-state index contributed by atoms with van der Waals surface area (Å²) >= 11 is 0. The van der Waals surface area contributed by atoms with E-state index >= 15 is 0 Å². The fraction of sp³-hybridized carbons (Fsp3) is 0.591. The van der Waals surface area contributed by atoms with Crippen LogP contribution >= 0.6 is 0 Å². The lowest BCUT2D eigenvalue weighted by molar-refractivity contribution is -0.125. The second-order valence-electron chi connectivity index (χ2n) is 7.69. The van der Waals surface area contributed by atoms with E-state index in [0.717, 1.165) is 44.2 Å². The third-order valence-electron chi connectivity index (χ3n) is 5.50. The number of rotatable bonds is 9. The summed E-state index contributed by atoms with van der Waals surface area (Å²) in [6, 6.07) is 4.96. The van der Waals surface area contributed by atoms with Gasteiger partial charge in [-0.3, -0.25) is 4.79 Å². The fourth-order valence-electron chi connectivity index (χ4n) is 3.77. The zero-order valence-corrected chi connectivity index (χ0v) is 17.2. The first-order chi connectivity index (χ1) is 14.2. The van der Waals surface area contributed by atoms with Crippen molar-refractivity contribution in [1.29, 1.82) is 0 Å². The quantitative estimate of drug-likeness (QED) is 0.481. The molecule has 7 heteroatoms. The van der Waals surface area contributed by atoms with E-state index in [2.05, 4.69) is 15.5 Å². The summed E-state index contributed by atoms with van der Waals surface area (Å²) in [4.78, 5) is 16.7. The molecular weight excluding hydrogens is 370 g/mol. The van der Waals surface area contributed by atoms with Gasteiger partial charge in [0.15, 0.2) is 11.5 Å². The van der Waals surface area contributed by atoms with Crippen molar-refractivity contribution >= 4 is 5.91 Å². The number of benzene rings is 1. The standard InChI is InChI=1S/C22H31N3O4/c1-28-19-15-17(12-13-18(19)26)21-24-20(29-25-21)11-7-4-8-14-23-22(27)16-9-5-2-3-6-10-16/h12-13,15-16,26H,2-11,14H2,1H3,(H,23,27). The summed E-state index contributed by atoms with van der Waals surface area (Å²) in [6.45, 7) is 0.734. The molecule has 0 radical (unpaired) electrons. The first-order valence-corrected chi connectivity index (χ1v) is 10.6. The largest absolute Gasteiger partial charge is 0.504 e. The number of hydrogen-bond acceptors (Lipinski definition) is 6. The number of aromatic hydroxyl groups is 1. The van der Waals surface area contributed by atoms with Crippen LogP contribution in [0.4, 0.5) is 0 Å². The third-order valence-corrected chi connectivity index (χ3v) is 5.50. The molecule has 2 aromatic rings. The first-order valence-electron chi connectivity index (χ1n) is 10.6. The van der Waals surface area contributed by atoms with Gasteiger partial charge in [0.2, 0.25) is 17.6 Å². The SMILES string of the molecule is COc1cc(-c2noc(CCCCCNC(=O)C3CCCCCC3)n2)ccc1O. The lowest BCUT2D eigenvalue weighted by atomic mass is 9.99. The topological polar surface area (TPSA) is 97.5 Å². The predicted molar refractivity (Wildman–Crippen MR) is 110 cm³/mol.